The van der Waals surface area contributed by atoms with Crippen LogP contribution in [-0.4, -0.2) is 31.1 Å². The minimum Gasteiger partial charge on any atom is -0.357 e. The molecule has 0 bridgehead atoms. The maximum Gasteiger partial charge on any atom is 0.191 e. The van der Waals surface area contributed by atoms with Gasteiger partial charge in [0.05, 0.1) is 0 Å². The Bertz CT molecular complexity index is 649. The van der Waals surface area contributed by atoms with Gasteiger partial charge >= 0.3 is 0 Å². The highest BCUT2D eigenvalue weighted by atomic mass is 127. The zero-order chi connectivity index (χ0) is 17.3. The van der Waals surface area contributed by atoms with E-state index in [1.807, 2.05) is 6.20 Å². The van der Waals surface area contributed by atoms with Crippen molar-refractivity contribution in [2.45, 2.75) is 38.8 Å². The highest BCUT2D eigenvalue weighted by Gasteiger charge is 2.10. The number of nitrogens with zero attached hydrogens (tertiary/aromatic N) is 3. The molecule has 1 saturated heterocycles. The van der Waals surface area contributed by atoms with Crippen molar-refractivity contribution in [3.63, 3.8) is 0 Å². The Hall–Kier alpha value is -1.35. The summed E-state index contributed by atoms with van der Waals surface area (Å²) < 4.78 is 0. The first-order valence-electron chi connectivity index (χ1n) is 9.00. The van der Waals surface area contributed by atoms with Crippen LogP contribution in [0, 0.1) is 0 Å². The SMILES string of the molecule is CN=C(NCc1ccc(N2CCCCCC2)nc1)NCc1ccsc1.I. The summed E-state index contributed by atoms with van der Waals surface area (Å²) in [7, 11) is 1.80. The summed E-state index contributed by atoms with van der Waals surface area (Å²) in [5.74, 6) is 1.91. The van der Waals surface area contributed by atoms with Crippen molar-refractivity contribution < 1.29 is 0 Å². The second-order valence-electron chi connectivity index (χ2n) is 6.34. The fourth-order valence-corrected chi connectivity index (χ4v) is 3.66. The number of pyridine rings is 1. The van der Waals surface area contributed by atoms with Crippen molar-refractivity contribution in [2.24, 2.45) is 4.99 Å². The molecule has 2 aromatic rings. The van der Waals surface area contributed by atoms with E-state index in [1.165, 1.54) is 31.2 Å². The molecule has 3 heterocycles. The van der Waals surface area contributed by atoms with Gasteiger partial charge in [-0.1, -0.05) is 18.9 Å². The molecule has 0 amide bonds. The van der Waals surface area contributed by atoms with Gasteiger partial charge < -0.3 is 15.5 Å². The Morgan fingerprint density at radius 2 is 1.81 bits per heavy atom. The Morgan fingerprint density at radius 3 is 2.38 bits per heavy atom. The largest absolute Gasteiger partial charge is 0.357 e. The molecule has 0 aliphatic carbocycles. The van der Waals surface area contributed by atoms with Crippen LogP contribution in [0.15, 0.2) is 40.1 Å². The number of aromatic nitrogens is 1. The number of halogens is 1. The van der Waals surface area contributed by atoms with E-state index in [2.05, 4.69) is 54.5 Å². The third-order valence-corrected chi connectivity index (χ3v) is 5.19. The van der Waals surface area contributed by atoms with Crippen molar-refractivity contribution in [1.82, 2.24) is 15.6 Å². The molecule has 0 atom stereocenters. The molecule has 5 nitrogen and oxygen atoms in total. The topological polar surface area (TPSA) is 52.6 Å². The quantitative estimate of drug-likeness (QED) is 0.382. The number of rotatable bonds is 5. The summed E-state index contributed by atoms with van der Waals surface area (Å²) in [6, 6.07) is 6.42. The normalized spacial score (nSPS) is 15.1. The number of thiophene rings is 1. The summed E-state index contributed by atoms with van der Waals surface area (Å²) in [6.45, 7) is 3.76. The van der Waals surface area contributed by atoms with E-state index in [1.54, 1.807) is 18.4 Å². The number of aliphatic imine (C=N–C) groups is 1. The Labute approximate surface area is 177 Å². The Morgan fingerprint density at radius 1 is 1.08 bits per heavy atom. The molecule has 0 unspecified atom stereocenters. The smallest absolute Gasteiger partial charge is 0.191 e. The van der Waals surface area contributed by atoms with Gasteiger partial charge in [-0.2, -0.15) is 11.3 Å². The highest BCUT2D eigenvalue weighted by Crippen LogP contribution is 2.17. The molecule has 1 fully saturated rings. The van der Waals surface area contributed by atoms with Gasteiger partial charge in [0, 0.05) is 39.4 Å². The maximum absolute atomic E-state index is 4.66. The number of nitrogens with one attached hydrogen (secondary N) is 2. The number of hydrogen-bond donors (Lipinski definition) is 2. The van der Waals surface area contributed by atoms with Crippen LogP contribution in [0.1, 0.15) is 36.8 Å². The highest BCUT2D eigenvalue weighted by molar-refractivity contribution is 14.0. The van der Waals surface area contributed by atoms with E-state index in [0.29, 0.717) is 0 Å². The van der Waals surface area contributed by atoms with Crippen molar-refractivity contribution in [3.05, 3.63) is 46.3 Å². The lowest BCUT2D eigenvalue weighted by Gasteiger charge is -2.21. The Balaban J connectivity index is 0.00000243. The van der Waals surface area contributed by atoms with Gasteiger partial charge in [0.2, 0.25) is 0 Å². The zero-order valence-electron chi connectivity index (χ0n) is 15.3. The monoisotopic (exact) mass is 485 g/mol. The molecular formula is C19H28IN5S. The fourth-order valence-electron chi connectivity index (χ4n) is 2.99. The molecule has 7 heteroatoms. The summed E-state index contributed by atoms with van der Waals surface area (Å²) in [4.78, 5) is 11.3. The predicted molar refractivity (Wildman–Crippen MR) is 122 cm³/mol. The summed E-state index contributed by atoms with van der Waals surface area (Å²) in [5, 5.41) is 10.9. The number of anilines is 1. The third kappa shape index (κ3) is 6.42. The van der Waals surface area contributed by atoms with Crippen molar-refractivity contribution in [1.29, 1.82) is 0 Å². The van der Waals surface area contributed by atoms with E-state index in [-0.39, 0.29) is 24.0 Å². The molecule has 1 aliphatic heterocycles. The minimum atomic E-state index is 0. The molecule has 0 radical (unpaired) electrons. The molecule has 3 rings (SSSR count). The van der Waals surface area contributed by atoms with Crippen molar-refractivity contribution in [2.75, 3.05) is 25.0 Å². The molecule has 0 saturated carbocycles. The van der Waals surface area contributed by atoms with E-state index in [9.17, 15) is 0 Å². The van der Waals surface area contributed by atoms with Crippen LogP contribution >= 0.6 is 35.3 Å². The first kappa shape index (κ1) is 21.0. The average Bonchev–Trinajstić information content (AvgIpc) is 3.03. The zero-order valence-corrected chi connectivity index (χ0v) is 18.4. The van der Waals surface area contributed by atoms with Gasteiger partial charge in [-0.25, -0.2) is 4.98 Å². The molecule has 26 heavy (non-hydrogen) atoms. The van der Waals surface area contributed by atoms with Gasteiger partial charge in [0.15, 0.2) is 5.96 Å². The van der Waals surface area contributed by atoms with Gasteiger partial charge in [-0.05, 0) is 46.9 Å². The van der Waals surface area contributed by atoms with Crippen LogP contribution < -0.4 is 15.5 Å². The lowest BCUT2D eigenvalue weighted by atomic mass is 10.2. The molecule has 0 aromatic carbocycles. The summed E-state index contributed by atoms with van der Waals surface area (Å²) in [5.41, 5.74) is 2.44. The van der Waals surface area contributed by atoms with Crippen LogP contribution in [0.4, 0.5) is 5.82 Å². The maximum atomic E-state index is 4.66. The van der Waals surface area contributed by atoms with E-state index in [4.69, 9.17) is 0 Å². The molecule has 2 aromatic heterocycles. The summed E-state index contributed by atoms with van der Waals surface area (Å²) in [6.07, 6.45) is 7.21. The average molecular weight is 485 g/mol. The molecule has 0 spiro atoms. The Kier molecular flexibility index (Phi) is 9.17. The first-order valence-corrected chi connectivity index (χ1v) is 9.95. The van der Waals surface area contributed by atoms with Crippen LogP contribution in [-0.2, 0) is 13.1 Å². The number of hydrogen-bond acceptors (Lipinski definition) is 4. The van der Waals surface area contributed by atoms with Crippen LogP contribution in [0.2, 0.25) is 0 Å². The second-order valence-corrected chi connectivity index (χ2v) is 7.12. The van der Waals surface area contributed by atoms with Crippen molar-refractivity contribution in [3.8, 4) is 0 Å². The molecular weight excluding hydrogens is 457 g/mol. The first-order chi connectivity index (χ1) is 12.3. The molecule has 1 aliphatic rings. The van der Waals surface area contributed by atoms with Crippen LogP contribution in [0.25, 0.3) is 0 Å². The second kappa shape index (κ2) is 11.4. The molecule has 2 N–H and O–H groups in total. The number of guanidine groups is 1. The predicted octanol–water partition coefficient (Wildman–Crippen LogP) is 4.01. The standard InChI is InChI=1S/C19H27N5S.HI/c1-20-19(23-14-17-8-11-25-15-17)22-13-16-6-7-18(21-12-16)24-9-4-2-3-5-10-24;/h6-8,11-12,15H,2-5,9-10,13-14H2,1H3,(H2,20,22,23);1H. The lowest BCUT2D eigenvalue weighted by Crippen LogP contribution is -2.36. The van der Waals surface area contributed by atoms with E-state index < -0.39 is 0 Å². The van der Waals surface area contributed by atoms with Gasteiger partial charge in [0.1, 0.15) is 5.82 Å². The van der Waals surface area contributed by atoms with Crippen molar-refractivity contribution >= 4 is 47.1 Å². The van der Waals surface area contributed by atoms with E-state index >= 15 is 0 Å². The van der Waals surface area contributed by atoms with Gasteiger partial charge in [-0.3, -0.25) is 4.99 Å². The summed E-state index contributed by atoms with van der Waals surface area (Å²) >= 11 is 1.71. The molecule has 142 valence electrons. The fraction of sp³-hybridized carbons (Fsp3) is 0.474. The third-order valence-electron chi connectivity index (χ3n) is 4.46. The van der Waals surface area contributed by atoms with E-state index in [0.717, 1.165) is 43.5 Å². The minimum absolute atomic E-state index is 0. The van der Waals surface area contributed by atoms with Crippen LogP contribution in [0.5, 0.6) is 0 Å². The van der Waals surface area contributed by atoms with Gasteiger partial charge in [-0.15, -0.1) is 24.0 Å². The van der Waals surface area contributed by atoms with Crippen LogP contribution in [0.3, 0.4) is 0 Å². The van der Waals surface area contributed by atoms with Gasteiger partial charge in [0.25, 0.3) is 0 Å². The lowest BCUT2D eigenvalue weighted by molar-refractivity contribution is 0.726.